The van der Waals surface area contributed by atoms with E-state index in [0.717, 1.165) is 35.3 Å². The van der Waals surface area contributed by atoms with Crippen molar-refractivity contribution >= 4 is 16.9 Å². The van der Waals surface area contributed by atoms with Gasteiger partial charge in [-0.1, -0.05) is 30.3 Å². The van der Waals surface area contributed by atoms with E-state index in [1.54, 1.807) is 7.11 Å². The van der Waals surface area contributed by atoms with Crippen LogP contribution in [0.15, 0.2) is 52.9 Å². The molecule has 0 radical (unpaired) electrons. The third-order valence-electron chi connectivity index (χ3n) is 4.68. The summed E-state index contributed by atoms with van der Waals surface area (Å²) in [5.74, 6) is 1.65. The van der Waals surface area contributed by atoms with Crippen LogP contribution in [-0.4, -0.2) is 24.0 Å². The topological polar surface area (TPSA) is 42.7 Å². The van der Waals surface area contributed by atoms with Gasteiger partial charge in [0.15, 0.2) is 0 Å². The smallest absolute Gasteiger partial charge is 0.258 e. The molecule has 25 heavy (non-hydrogen) atoms. The summed E-state index contributed by atoms with van der Waals surface area (Å²) >= 11 is 0. The van der Waals surface area contributed by atoms with Gasteiger partial charge in [-0.2, -0.15) is 0 Å². The molecule has 1 saturated carbocycles. The summed E-state index contributed by atoms with van der Waals surface area (Å²) in [6, 6.07) is 15.9. The maximum atomic E-state index is 13.3. The number of hydrogen-bond donors (Lipinski definition) is 0. The molecule has 1 heterocycles. The normalized spacial score (nSPS) is 13.8. The highest BCUT2D eigenvalue weighted by Crippen LogP contribution is 2.33. The number of carbonyl (C=O) groups is 1. The highest BCUT2D eigenvalue weighted by molar-refractivity contribution is 6.05. The van der Waals surface area contributed by atoms with E-state index in [1.807, 2.05) is 60.4 Å². The maximum Gasteiger partial charge on any atom is 0.258 e. The number of hydrogen-bond acceptors (Lipinski definition) is 3. The van der Waals surface area contributed by atoms with E-state index in [2.05, 4.69) is 0 Å². The van der Waals surface area contributed by atoms with E-state index < -0.39 is 0 Å². The fraction of sp³-hybridized carbons (Fsp3) is 0.286. The minimum Gasteiger partial charge on any atom is -0.496 e. The second-order valence-electron chi connectivity index (χ2n) is 6.56. The molecule has 0 atom stereocenters. The van der Waals surface area contributed by atoms with Crippen LogP contribution in [0, 0.1) is 6.92 Å². The number of amides is 1. The summed E-state index contributed by atoms with van der Waals surface area (Å²) in [4.78, 5) is 15.2. The lowest BCUT2D eigenvalue weighted by atomic mass is 10.1. The standard InChI is InChI=1S/C21H21NO3/c1-14-12-15-7-5-8-18(20(15)25-14)21(23)22(17-10-11-17)13-16-6-3-4-9-19(16)24-2/h3-9,12,17H,10-11,13H2,1-2H3. The fourth-order valence-corrected chi connectivity index (χ4v) is 3.29. The Morgan fingerprint density at radius 1 is 1.20 bits per heavy atom. The first kappa shape index (κ1) is 15.8. The Hall–Kier alpha value is -2.75. The van der Waals surface area contributed by atoms with Gasteiger partial charge in [-0.25, -0.2) is 0 Å². The maximum absolute atomic E-state index is 13.3. The van der Waals surface area contributed by atoms with E-state index in [0.29, 0.717) is 23.7 Å². The van der Waals surface area contributed by atoms with Crippen molar-refractivity contribution in [3.8, 4) is 5.75 Å². The lowest BCUT2D eigenvalue weighted by Crippen LogP contribution is -2.32. The van der Waals surface area contributed by atoms with Gasteiger partial charge in [-0.15, -0.1) is 0 Å². The number of furan rings is 1. The van der Waals surface area contributed by atoms with Gasteiger partial charge in [-0.3, -0.25) is 4.79 Å². The Bertz CT molecular complexity index is 924. The summed E-state index contributed by atoms with van der Waals surface area (Å²) < 4.78 is 11.2. The van der Waals surface area contributed by atoms with E-state index in [-0.39, 0.29) is 5.91 Å². The van der Waals surface area contributed by atoms with Crippen LogP contribution in [0.2, 0.25) is 0 Å². The zero-order valence-corrected chi connectivity index (χ0v) is 14.5. The zero-order valence-electron chi connectivity index (χ0n) is 14.5. The van der Waals surface area contributed by atoms with Gasteiger partial charge in [0.05, 0.1) is 12.7 Å². The molecule has 4 heteroatoms. The van der Waals surface area contributed by atoms with Crippen LogP contribution in [-0.2, 0) is 6.54 Å². The number of methoxy groups -OCH3 is 1. The highest BCUT2D eigenvalue weighted by atomic mass is 16.5. The second kappa shape index (κ2) is 6.28. The van der Waals surface area contributed by atoms with Crippen molar-refractivity contribution < 1.29 is 13.9 Å². The quantitative estimate of drug-likeness (QED) is 0.687. The number of fused-ring (bicyclic) bond motifs is 1. The third-order valence-corrected chi connectivity index (χ3v) is 4.68. The minimum atomic E-state index is 0.0216. The van der Waals surface area contributed by atoms with Crippen LogP contribution in [0.1, 0.15) is 34.5 Å². The SMILES string of the molecule is COc1ccccc1CN(C(=O)c1cccc2cc(C)oc12)C1CC1. The predicted molar refractivity (Wildman–Crippen MR) is 96.8 cm³/mol. The molecule has 0 saturated heterocycles. The third kappa shape index (κ3) is 3.00. The molecule has 1 amide bonds. The average Bonchev–Trinajstić information content (AvgIpc) is 3.39. The van der Waals surface area contributed by atoms with Gasteiger partial charge in [-0.05, 0) is 38.0 Å². The molecule has 0 unspecified atom stereocenters. The Balaban J connectivity index is 1.70. The molecule has 3 aromatic rings. The first-order valence-electron chi connectivity index (χ1n) is 8.59. The van der Waals surface area contributed by atoms with Crippen molar-refractivity contribution in [2.75, 3.05) is 7.11 Å². The first-order valence-corrected chi connectivity index (χ1v) is 8.59. The van der Waals surface area contributed by atoms with Crippen molar-refractivity contribution in [1.29, 1.82) is 0 Å². The van der Waals surface area contributed by atoms with Gasteiger partial charge in [0.1, 0.15) is 17.1 Å². The monoisotopic (exact) mass is 335 g/mol. The number of carbonyl (C=O) groups excluding carboxylic acids is 1. The number of ether oxygens (including phenoxy) is 1. The lowest BCUT2D eigenvalue weighted by Gasteiger charge is -2.23. The Kier molecular flexibility index (Phi) is 3.96. The van der Waals surface area contributed by atoms with Gasteiger partial charge in [0.25, 0.3) is 5.91 Å². The predicted octanol–water partition coefficient (Wildman–Crippen LogP) is 4.55. The van der Waals surface area contributed by atoms with Crippen LogP contribution >= 0.6 is 0 Å². The molecule has 0 bridgehead atoms. The number of nitrogens with zero attached hydrogens (tertiary/aromatic N) is 1. The molecule has 0 aliphatic heterocycles. The molecule has 128 valence electrons. The van der Waals surface area contributed by atoms with E-state index >= 15 is 0 Å². The molecule has 1 aliphatic carbocycles. The summed E-state index contributed by atoms with van der Waals surface area (Å²) in [6.07, 6.45) is 2.10. The number of benzene rings is 2. The molecule has 0 N–H and O–H groups in total. The number of para-hydroxylation sites is 2. The number of aryl methyl sites for hydroxylation is 1. The van der Waals surface area contributed by atoms with Crippen LogP contribution in [0.3, 0.4) is 0 Å². The van der Waals surface area contributed by atoms with Gasteiger partial charge in [0, 0.05) is 23.5 Å². The van der Waals surface area contributed by atoms with E-state index in [1.165, 1.54) is 0 Å². The van der Waals surface area contributed by atoms with Crippen LogP contribution in [0.25, 0.3) is 11.0 Å². The molecule has 1 aliphatic rings. The average molecular weight is 335 g/mol. The van der Waals surface area contributed by atoms with Crippen molar-refractivity contribution in [2.45, 2.75) is 32.4 Å². The molecule has 4 nitrogen and oxygen atoms in total. The van der Waals surface area contributed by atoms with Crippen molar-refractivity contribution in [1.82, 2.24) is 4.90 Å². The molecular weight excluding hydrogens is 314 g/mol. The molecule has 1 aromatic heterocycles. The summed E-state index contributed by atoms with van der Waals surface area (Å²) in [7, 11) is 1.66. The minimum absolute atomic E-state index is 0.0216. The summed E-state index contributed by atoms with van der Waals surface area (Å²) in [6.45, 7) is 2.45. The molecule has 2 aromatic carbocycles. The van der Waals surface area contributed by atoms with Crippen LogP contribution in [0.5, 0.6) is 5.75 Å². The molecular formula is C21H21NO3. The summed E-state index contributed by atoms with van der Waals surface area (Å²) in [5, 5.41) is 0.969. The largest absolute Gasteiger partial charge is 0.496 e. The molecule has 4 rings (SSSR count). The van der Waals surface area contributed by atoms with Crippen molar-refractivity contribution in [3.05, 3.63) is 65.4 Å². The van der Waals surface area contributed by atoms with E-state index in [9.17, 15) is 4.79 Å². The van der Waals surface area contributed by atoms with Crippen LogP contribution < -0.4 is 4.74 Å². The Labute approximate surface area is 147 Å². The van der Waals surface area contributed by atoms with Gasteiger partial charge in [0.2, 0.25) is 0 Å². The van der Waals surface area contributed by atoms with Gasteiger partial charge < -0.3 is 14.1 Å². The summed E-state index contributed by atoms with van der Waals surface area (Å²) in [5.41, 5.74) is 2.33. The number of rotatable bonds is 5. The van der Waals surface area contributed by atoms with Gasteiger partial charge >= 0.3 is 0 Å². The fourth-order valence-electron chi connectivity index (χ4n) is 3.29. The van der Waals surface area contributed by atoms with Crippen molar-refractivity contribution in [3.63, 3.8) is 0 Å². The van der Waals surface area contributed by atoms with Crippen LogP contribution in [0.4, 0.5) is 0 Å². The lowest BCUT2D eigenvalue weighted by molar-refractivity contribution is 0.0729. The zero-order chi connectivity index (χ0) is 17.4. The highest BCUT2D eigenvalue weighted by Gasteiger charge is 2.34. The molecule has 0 spiro atoms. The second-order valence-corrected chi connectivity index (χ2v) is 6.56. The Morgan fingerprint density at radius 2 is 2.00 bits per heavy atom. The van der Waals surface area contributed by atoms with Crippen molar-refractivity contribution in [2.24, 2.45) is 0 Å². The molecule has 1 fully saturated rings. The Morgan fingerprint density at radius 3 is 2.76 bits per heavy atom. The first-order chi connectivity index (χ1) is 12.2. The van der Waals surface area contributed by atoms with E-state index in [4.69, 9.17) is 9.15 Å².